The molecule has 0 aliphatic heterocycles. The smallest absolute Gasteiger partial charge is 0.0775 e. The minimum Gasteiger partial charge on any atom is -0.333 e. The molecule has 4 heteroatoms. The lowest BCUT2D eigenvalue weighted by atomic mass is 9.84. The third kappa shape index (κ3) is 10.2. The maximum atomic E-state index is 2.64. The van der Waals surface area contributed by atoms with E-state index in [0.717, 1.165) is 22.7 Å². The minimum atomic E-state index is -1.61. The van der Waals surface area contributed by atoms with Gasteiger partial charge in [-0.1, -0.05) is 281 Å². The SMILES string of the molecule is CC1C=C(S(C)(C)C)C=CC1N(c1ccc2c(-c3ccc(-c4cccc5ccccc45)cc3)c3cc(N(c4ccc([Si](C)(C)C)cc4)c4cccc5ccccc45)ccc3c(-c3ccc(-c4cccc5ccccc45)cc3)c2c1)c1cccc2ccccc12. The van der Waals surface area contributed by atoms with E-state index in [1.54, 1.807) is 0 Å². The quantitative estimate of drug-likeness (QED) is 0.0889. The molecule has 2 nitrogen and oxygen atoms in total. The summed E-state index contributed by atoms with van der Waals surface area (Å²) >= 11 is 0. The first-order valence-electron chi connectivity index (χ1n) is 31.3. The lowest BCUT2D eigenvalue weighted by Crippen LogP contribution is -2.37. The van der Waals surface area contributed by atoms with Gasteiger partial charge in [-0.15, -0.1) is 0 Å². The predicted molar refractivity (Wildman–Crippen MR) is 395 cm³/mol. The number of fused-ring (bicyclic) bond motifs is 6. The van der Waals surface area contributed by atoms with Gasteiger partial charge in [0, 0.05) is 33.5 Å². The molecule has 0 N–H and O–H groups in total. The molecule has 2 atom stereocenters. The number of hydrogen-bond donors (Lipinski definition) is 0. The van der Waals surface area contributed by atoms with E-state index in [0.29, 0.717) is 0 Å². The zero-order valence-electron chi connectivity index (χ0n) is 51.7. The van der Waals surface area contributed by atoms with Gasteiger partial charge in [-0.2, -0.15) is 0 Å². The van der Waals surface area contributed by atoms with Crippen LogP contribution < -0.4 is 15.0 Å². The molecule has 0 amide bonds. The van der Waals surface area contributed by atoms with Gasteiger partial charge in [0.05, 0.1) is 19.8 Å². The minimum absolute atomic E-state index is 0.0520. The first-order valence-corrected chi connectivity index (χ1v) is 37.6. The first-order chi connectivity index (χ1) is 43.3. The van der Waals surface area contributed by atoms with E-state index in [4.69, 9.17) is 0 Å². The van der Waals surface area contributed by atoms with Crippen molar-refractivity contribution in [3.8, 4) is 44.5 Å². The zero-order chi connectivity index (χ0) is 60.5. The van der Waals surface area contributed by atoms with E-state index in [-0.39, 0.29) is 12.0 Å². The average Bonchev–Trinajstić information content (AvgIpc) is 0.756. The van der Waals surface area contributed by atoms with Crippen LogP contribution >= 0.6 is 10.0 Å². The van der Waals surface area contributed by atoms with Crippen molar-refractivity contribution in [2.75, 3.05) is 28.6 Å². The molecule has 0 heterocycles. The summed E-state index contributed by atoms with van der Waals surface area (Å²) in [5.41, 5.74) is 15.3. The third-order valence-electron chi connectivity index (χ3n) is 18.6. The molecule has 0 spiro atoms. The summed E-state index contributed by atoms with van der Waals surface area (Å²) in [5, 5.41) is 16.1. The Bertz CT molecular complexity index is 5100. The van der Waals surface area contributed by atoms with Crippen molar-refractivity contribution in [2.45, 2.75) is 32.6 Å². The molecule has 15 rings (SSSR count). The maximum Gasteiger partial charge on any atom is 0.0775 e. The van der Waals surface area contributed by atoms with Crippen molar-refractivity contribution in [3.63, 3.8) is 0 Å². The molecular weight excluding hydrogens is 1110 g/mol. The predicted octanol–water partition coefficient (Wildman–Crippen LogP) is 23.6. The molecule has 0 aromatic heterocycles. The van der Waals surface area contributed by atoms with Crippen molar-refractivity contribution >= 4 is 116 Å². The van der Waals surface area contributed by atoms with E-state index in [9.17, 15) is 0 Å². The molecule has 0 radical (unpaired) electrons. The second kappa shape index (κ2) is 22.5. The van der Waals surface area contributed by atoms with Crippen molar-refractivity contribution in [3.05, 3.63) is 302 Å². The Hall–Kier alpha value is -9.71. The van der Waals surface area contributed by atoms with Crippen LogP contribution in [0.15, 0.2) is 302 Å². The summed E-state index contributed by atoms with van der Waals surface area (Å²) in [5.74, 6) is 0.236. The molecule has 1 aliphatic rings. The number of nitrogens with zero attached hydrogens (tertiary/aromatic N) is 2. The Balaban J connectivity index is 1.03. The summed E-state index contributed by atoms with van der Waals surface area (Å²) in [6.45, 7) is 9.71. The van der Waals surface area contributed by atoms with Crippen LogP contribution in [0.25, 0.3) is 109 Å². The lowest BCUT2D eigenvalue weighted by Gasteiger charge is -2.40. The van der Waals surface area contributed by atoms with Crippen LogP contribution in [-0.2, 0) is 0 Å². The summed E-state index contributed by atoms with van der Waals surface area (Å²) < 4.78 is 0. The zero-order valence-corrected chi connectivity index (χ0v) is 53.6. The monoisotopic (exact) mass is 1180 g/mol. The number of rotatable bonds is 12. The van der Waals surface area contributed by atoms with Gasteiger partial charge in [0.1, 0.15) is 0 Å². The molecule has 14 aromatic rings. The molecule has 2 unspecified atom stereocenters. The Morgan fingerprint density at radius 3 is 1.25 bits per heavy atom. The number of benzene rings is 14. The molecule has 0 fully saturated rings. The standard InChI is InChI=1S/C85H72N2SSi/c1-57-54-69(88(2,3)4)48-53-81(57)87(83-35-19-27-61-23-11-15-31-76(61)83)68-47-52-78-80(56-68)85(65-42-38-63(39-43-65)74-33-17-25-59-21-9-13-29-72(59)74)77-51-46-67(55-79(77)84(78)64-40-36-62(37-41-64)73-32-16-24-58-20-8-12-28-71(58)73)86(66-44-49-70(50-45-66)89(5,6)7)82-34-18-26-60-22-10-14-30-75(60)82/h8-57,81H,1-7H3. The topological polar surface area (TPSA) is 6.48 Å². The highest BCUT2D eigenvalue weighted by molar-refractivity contribution is 8.35. The normalized spacial score (nSPS) is 14.7. The van der Waals surface area contributed by atoms with Gasteiger partial charge in [0.2, 0.25) is 0 Å². The Labute approximate surface area is 526 Å². The largest absolute Gasteiger partial charge is 0.333 e. The van der Waals surface area contributed by atoms with Crippen LogP contribution in [0.1, 0.15) is 6.92 Å². The molecule has 89 heavy (non-hydrogen) atoms. The van der Waals surface area contributed by atoms with E-state index < -0.39 is 18.1 Å². The van der Waals surface area contributed by atoms with Gasteiger partial charge in [-0.3, -0.25) is 0 Å². The highest BCUT2D eigenvalue weighted by atomic mass is 32.3. The number of anilines is 5. The summed E-state index contributed by atoms with van der Waals surface area (Å²) in [4.78, 5) is 6.59. The van der Waals surface area contributed by atoms with E-state index in [2.05, 4.69) is 352 Å². The molecule has 1 aliphatic carbocycles. The van der Waals surface area contributed by atoms with Crippen molar-refractivity contribution in [1.29, 1.82) is 0 Å². The molecule has 0 saturated carbocycles. The Morgan fingerprint density at radius 1 is 0.348 bits per heavy atom. The maximum absolute atomic E-state index is 2.64. The Morgan fingerprint density at radius 2 is 0.753 bits per heavy atom. The van der Waals surface area contributed by atoms with E-state index >= 15 is 0 Å². The Kier molecular flexibility index (Phi) is 14.1. The van der Waals surface area contributed by atoms with Crippen LogP contribution in [-0.4, -0.2) is 32.9 Å². The fourth-order valence-electron chi connectivity index (χ4n) is 14.0. The van der Waals surface area contributed by atoms with Gasteiger partial charge < -0.3 is 9.80 Å². The van der Waals surface area contributed by atoms with Crippen LogP contribution in [0, 0.1) is 5.92 Å². The number of hydrogen-bond acceptors (Lipinski definition) is 2. The van der Waals surface area contributed by atoms with Gasteiger partial charge >= 0.3 is 0 Å². The fourth-order valence-corrected chi connectivity index (χ4v) is 16.3. The van der Waals surface area contributed by atoms with E-state index in [1.807, 2.05) is 0 Å². The van der Waals surface area contributed by atoms with Gasteiger partial charge in [0.15, 0.2) is 0 Å². The van der Waals surface area contributed by atoms with Crippen LogP contribution in [0.5, 0.6) is 0 Å². The van der Waals surface area contributed by atoms with Crippen molar-refractivity contribution in [2.24, 2.45) is 5.92 Å². The fraction of sp³-hybridized carbons (Fsp3) is 0.106. The van der Waals surface area contributed by atoms with Crippen molar-refractivity contribution < 1.29 is 0 Å². The van der Waals surface area contributed by atoms with Crippen molar-refractivity contribution in [1.82, 2.24) is 0 Å². The van der Waals surface area contributed by atoms with Crippen LogP contribution in [0.3, 0.4) is 0 Å². The van der Waals surface area contributed by atoms with E-state index in [1.165, 1.54) is 125 Å². The van der Waals surface area contributed by atoms with Crippen LogP contribution in [0.4, 0.5) is 28.4 Å². The molecule has 14 aromatic carbocycles. The molecule has 0 saturated heterocycles. The number of allylic oxidation sites excluding steroid dienone is 1. The van der Waals surface area contributed by atoms with Crippen LogP contribution in [0.2, 0.25) is 19.6 Å². The second-order valence-electron chi connectivity index (χ2n) is 26.0. The first kappa shape index (κ1) is 55.8. The van der Waals surface area contributed by atoms with Gasteiger partial charge in [-0.25, -0.2) is 10.0 Å². The summed E-state index contributed by atoms with van der Waals surface area (Å²) in [6, 6.07) is 105. The average molecular weight is 1180 g/mol. The van der Waals surface area contributed by atoms with Gasteiger partial charge in [-0.05, 0) is 176 Å². The highest BCUT2D eigenvalue weighted by Crippen LogP contribution is 2.52. The summed E-state index contributed by atoms with van der Waals surface area (Å²) in [7, 11) is -2.56. The third-order valence-corrected chi connectivity index (χ3v) is 22.4. The molecule has 432 valence electrons. The second-order valence-corrected chi connectivity index (χ2v) is 35.3. The highest BCUT2D eigenvalue weighted by Gasteiger charge is 2.30. The molecular formula is C85H72N2SSi. The summed E-state index contributed by atoms with van der Waals surface area (Å²) in [6.07, 6.45) is 14.7. The molecule has 0 bridgehead atoms. The lowest BCUT2D eigenvalue weighted by molar-refractivity contribution is 0.609. The van der Waals surface area contributed by atoms with Gasteiger partial charge in [0.25, 0.3) is 0 Å².